The standard InChI is InChI=1S/C8H14N2O3S/c1-4-10(6-5-9)8(11)7(2)14(3,12)13/h7H,4,6H2,1-3H3. The Labute approximate surface area is 84.2 Å². The molecule has 80 valence electrons. The van der Waals surface area contributed by atoms with E-state index in [1.165, 1.54) is 11.8 Å². The van der Waals surface area contributed by atoms with Crippen LogP contribution in [-0.2, 0) is 14.6 Å². The fourth-order valence-corrected chi connectivity index (χ4v) is 1.39. The second-order valence-corrected chi connectivity index (χ2v) is 5.35. The van der Waals surface area contributed by atoms with Crippen LogP contribution in [0.4, 0.5) is 0 Å². The molecule has 0 aromatic rings. The molecule has 0 saturated heterocycles. The summed E-state index contributed by atoms with van der Waals surface area (Å²) in [6, 6.07) is 1.82. The molecular formula is C8H14N2O3S. The van der Waals surface area contributed by atoms with Gasteiger partial charge in [-0.25, -0.2) is 8.42 Å². The topological polar surface area (TPSA) is 78.2 Å². The maximum Gasteiger partial charge on any atom is 0.241 e. The smallest absolute Gasteiger partial charge is 0.241 e. The summed E-state index contributed by atoms with van der Waals surface area (Å²) in [6.45, 7) is 3.30. The molecule has 0 aliphatic heterocycles. The molecule has 0 aliphatic carbocycles. The number of nitrogens with zero attached hydrogens (tertiary/aromatic N) is 2. The highest BCUT2D eigenvalue weighted by atomic mass is 32.2. The van der Waals surface area contributed by atoms with E-state index in [4.69, 9.17) is 5.26 Å². The fraction of sp³-hybridized carbons (Fsp3) is 0.750. The third-order valence-electron chi connectivity index (χ3n) is 1.94. The molecule has 0 fully saturated rings. The van der Waals surface area contributed by atoms with E-state index in [0.29, 0.717) is 6.54 Å². The van der Waals surface area contributed by atoms with Crippen molar-refractivity contribution in [2.45, 2.75) is 19.1 Å². The largest absolute Gasteiger partial charge is 0.329 e. The van der Waals surface area contributed by atoms with E-state index in [9.17, 15) is 13.2 Å². The Balaban J connectivity index is 4.69. The van der Waals surface area contributed by atoms with Gasteiger partial charge in [0.1, 0.15) is 11.8 Å². The maximum absolute atomic E-state index is 11.5. The number of hydrogen-bond donors (Lipinski definition) is 0. The maximum atomic E-state index is 11.5. The lowest BCUT2D eigenvalue weighted by atomic mass is 10.4. The highest BCUT2D eigenvalue weighted by Gasteiger charge is 2.27. The molecular weight excluding hydrogens is 204 g/mol. The van der Waals surface area contributed by atoms with Crippen LogP contribution in [0.1, 0.15) is 13.8 Å². The molecule has 0 heterocycles. The van der Waals surface area contributed by atoms with Gasteiger partial charge in [0.15, 0.2) is 9.84 Å². The molecule has 0 radical (unpaired) electrons. The van der Waals surface area contributed by atoms with E-state index in [0.717, 1.165) is 6.26 Å². The second-order valence-electron chi connectivity index (χ2n) is 2.98. The van der Waals surface area contributed by atoms with Crippen molar-refractivity contribution in [1.82, 2.24) is 4.90 Å². The third-order valence-corrected chi connectivity index (χ3v) is 3.43. The van der Waals surface area contributed by atoms with Crippen molar-refractivity contribution in [3.8, 4) is 6.07 Å². The quantitative estimate of drug-likeness (QED) is 0.612. The number of carbonyl (C=O) groups excluding carboxylic acids is 1. The Kier molecular flexibility index (Phi) is 4.57. The Morgan fingerprint density at radius 1 is 1.57 bits per heavy atom. The van der Waals surface area contributed by atoms with Crippen molar-refractivity contribution >= 4 is 15.7 Å². The van der Waals surface area contributed by atoms with Gasteiger partial charge in [0.05, 0.1) is 6.07 Å². The van der Waals surface area contributed by atoms with Crippen molar-refractivity contribution < 1.29 is 13.2 Å². The Bertz CT molecular complexity index is 342. The van der Waals surface area contributed by atoms with Crippen molar-refractivity contribution in [3.05, 3.63) is 0 Å². The average Bonchev–Trinajstić information content (AvgIpc) is 2.10. The molecule has 1 atom stereocenters. The zero-order valence-electron chi connectivity index (χ0n) is 8.52. The lowest BCUT2D eigenvalue weighted by Crippen LogP contribution is -2.41. The van der Waals surface area contributed by atoms with Gasteiger partial charge in [-0.05, 0) is 13.8 Å². The molecule has 0 bridgehead atoms. The average molecular weight is 218 g/mol. The van der Waals surface area contributed by atoms with Crippen molar-refractivity contribution in [1.29, 1.82) is 5.26 Å². The van der Waals surface area contributed by atoms with Crippen molar-refractivity contribution in [2.24, 2.45) is 0 Å². The number of sulfone groups is 1. The van der Waals surface area contributed by atoms with Gasteiger partial charge in [0, 0.05) is 12.8 Å². The number of carbonyl (C=O) groups is 1. The first kappa shape index (κ1) is 12.9. The molecule has 0 rings (SSSR count). The highest BCUT2D eigenvalue weighted by molar-refractivity contribution is 7.92. The monoisotopic (exact) mass is 218 g/mol. The van der Waals surface area contributed by atoms with Crippen LogP contribution in [0.2, 0.25) is 0 Å². The van der Waals surface area contributed by atoms with Crippen molar-refractivity contribution in [3.63, 3.8) is 0 Å². The van der Waals surface area contributed by atoms with Gasteiger partial charge in [0.25, 0.3) is 0 Å². The van der Waals surface area contributed by atoms with Crippen molar-refractivity contribution in [2.75, 3.05) is 19.3 Å². The second kappa shape index (κ2) is 4.96. The molecule has 6 heteroatoms. The zero-order valence-corrected chi connectivity index (χ0v) is 9.34. The first-order valence-corrected chi connectivity index (χ1v) is 6.14. The third kappa shape index (κ3) is 3.34. The summed E-state index contributed by atoms with van der Waals surface area (Å²) in [7, 11) is -3.38. The summed E-state index contributed by atoms with van der Waals surface area (Å²) in [5.74, 6) is -0.517. The Morgan fingerprint density at radius 2 is 2.07 bits per heavy atom. The fourth-order valence-electron chi connectivity index (χ4n) is 0.871. The van der Waals surface area contributed by atoms with E-state index in [1.54, 1.807) is 6.92 Å². The lowest BCUT2D eigenvalue weighted by Gasteiger charge is -2.20. The van der Waals surface area contributed by atoms with Crippen LogP contribution in [0.3, 0.4) is 0 Å². The van der Waals surface area contributed by atoms with Gasteiger partial charge in [-0.3, -0.25) is 4.79 Å². The van der Waals surface area contributed by atoms with Crippen LogP contribution < -0.4 is 0 Å². The molecule has 1 amide bonds. The summed E-state index contributed by atoms with van der Waals surface area (Å²) in [5, 5.41) is 7.33. The Hall–Kier alpha value is -1.09. The number of rotatable bonds is 4. The minimum atomic E-state index is -3.38. The number of hydrogen-bond acceptors (Lipinski definition) is 4. The predicted octanol–water partition coefficient (Wildman–Crippen LogP) is -0.208. The summed E-state index contributed by atoms with van der Waals surface area (Å²) in [6.07, 6.45) is 1.01. The molecule has 14 heavy (non-hydrogen) atoms. The molecule has 0 saturated carbocycles. The van der Waals surface area contributed by atoms with Crippen LogP contribution in [0.5, 0.6) is 0 Å². The van der Waals surface area contributed by atoms with Crippen LogP contribution >= 0.6 is 0 Å². The number of nitriles is 1. The minimum absolute atomic E-state index is 0.0742. The predicted molar refractivity (Wildman–Crippen MR) is 52.2 cm³/mol. The highest BCUT2D eigenvalue weighted by Crippen LogP contribution is 2.03. The van der Waals surface area contributed by atoms with Gasteiger partial charge in [-0.1, -0.05) is 0 Å². The van der Waals surface area contributed by atoms with Gasteiger partial charge >= 0.3 is 0 Å². The van der Waals surface area contributed by atoms with E-state index < -0.39 is 21.0 Å². The van der Waals surface area contributed by atoms with E-state index in [1.807, 2.05) is 6.07 Å². The summed E-state index contributed by atoms with van der Waals surface area (Å²) in [5.41, 5.74) is 0. The zero-order chi connectivity index (χ0) is 11.4. The van der Waals surface area contributed by atoms with Gasteiger partial charge in [-0.2, -0.15) is 5.26 Å². The van der Waals surface area contributed by atoms with E-state index >= 15 is 0 Å². The molecule has 0 N–H and O–H groups in total. The summed E-state index contributed by atoms with van der Waals surface area (Å²) < 4.78 is 22.1. The van der Waals surface area contributed by atoms with E-state index in [-0.39, 0.29) is 6.54 Å². The molecule has 0 aromatic carbocycles. The van der Waals surface area contributed by atoms with Crippen LogP contribution in [0, 0.1) is 11.3 Å². The Morgan fingerprint density at radius 3 is 2.36 bits per heavy atom. The molecule has 0 aromatic heterocycles. The molecule has 0 spiro atoms. The first-order chi connectivity index (χ1) is 6.34. The van der Waals surface area contributed by atoms with Gasteiger partial charge < -0.3 is 4.90 Å². The van der Waals surface area contributed by atoms with E-state index in [2.05, 4.69) is 0 Å². The van der Waals surface area contributed by atoms with Gasteiger partial charge in [0.2, 0.25) is 5.91 Å². The summed E-state index contributed by atoms with van der Waals surface area (Å²) >= 11 is 0. The molecule has 1 unspecified atom stereocenters. The molecule has 5 nitrogen and oxygen atoms in total. The van der Waals surface area contributed by atoms with Gasteiger partial charge in [-0.15, -0.1) is 0 Å². The lowest BCUT2D eigenvalue weighted by molar-refractivity contribution is -0.129. The van der Waals surface area contributed by atoms with Crippen LogP contribution in [0.25, 0.3) is 0 Å². The summed E-state index contributed by atoms with van der Waals surface area (Å²) in [4.78, 5) is 12.7. The van der Waals surface area contributed by atoms with Crippen LogP contribution in [0.15, 0.2) is 0 Å². The number of amides is 1. The van der Waals surface area contributed by atoms with Crippen LogP contribution in [-0.4, -0.2) is 43.8 Å². The SMILES string of the molecule is CCN(CC#N)C(=O)C(C)S(C)(=O)=O. The first-order valence-electron chi connectivity index (χ1n) is 4.19. The normalized spacial score (nSPS) is 13.0. The minimum Gasteiger partial charge on any atom is -0.329 e. The molecule has 0 aliphatic rings.